The number of hydrogen-bond donors (Lipinski definition) is 3. The van der Waals surface area contributed by atoms with Gasteiger partial charge in [-0.1, -0.05) is 0 Å². The van der Waals surface area contributed by atoms with Gasteiger partial charge in [-0.2, -0.15) is 0 Å². The summed E-state index contributed by atoms with van der Waals surface area (Å²) in [5.74, 6) is 0.741. The third-order valence-electron chi connectivity index (χ3n) is 3.00. The van der Waals surface area contributed by atoms with Crippen molar-refractivity contribution < 1.29 is 9.53 Å². The number of carbonyl (C=O) groups is 1. The van der Waals surface area contributed by atoms with Gasteiger partial charge in [0, 0.05) is 37.7 Å². The molecule has 1 aromatic carbocycles. The number of amides is 1. The summed E-state index contributed by atoms with van der Waals surface area (Å²) >= 11 is 0. The number of anilines is 2. The van der Waals surface area contributed by atoms with Gasteiger partial charge in [0.2, 0.25) is 5.91 Å². The van der Waals surface area contributed by atoms with E-state index < -0.39 is 0 Å². The van der Waals surface area contributed by atoms with Crippen molar-refractivity contribution >= 4 is 28.3 Å². The number of nitrogens with zero attached hydrogens (tertiary/aromatic N) is 1. The summed E-state index contributed by atoms with van der Waals surface area (Å²) in [6.07, 6.45) is 0.394. The van der Waals surface area contributed by atoms with E-state index in [1.165, 1.54) is 0 Å². The Labute approximate surface area is 123 Å². The number of nitrogen functional groups attached to an aromatic ring is 1. The van der Waals surface area contributed by atoms with Gasteiger partial charge < -0.3 is 21.1 Å². The van der Waals surface area contributed by atoms with Gasteiger partial charge in [0.15, 0.2) is 0 Å². The Morgan fingerprint density at radius 1 is 1.29 bits per heavy atom. The Balaban J connectivity index is 1.83. The van der Waals surface area contributed by atoms with Gasteiger partial charge >= 0.3 is 0 Å². The lowest BCUT2D eigenvalue weighted by molar-refractivity contribution is -0.121. The van der Waals surface area contributed by atoms with Crippen molar-refractivity contribution in [3.05, 3.63) is 30.3 Å². The van der Waals surface area contributed by atoms with Crippen LogP contribution in [-0.2, 0) is 9.53 Å². The quantitative estimate of drug-likeness (QED) is 0.529. The van der Waals surface area contributed by atoms with Crippen molar-refractivity contribution in [1.82, 2.24) is 10.3 Å². The zero-order valence-corrected chi connectivity index (χ0v) is 12.1. The first kappa shape index (κ1) is 15.1. The van der Waals surface area contributed by atoms with Crippen molar-refractivity contribution in [3.8, 4) is 0 Å². The van der Waals surface area contributed by atoms with E-state index in [0.717, 1.165) is 22.4 Å². The van der Waals surface area contributed by atoms with Crippen molar-refractivity contribution in [2.75, 3.05) is 37.9 Å². The molecule has 0 saturated carbocycles. The van der Waals surface area contributed by atoms with E-state index in [4.69, 9.17) is 10.5 Å². The highest BCUT2D eigenvalue weighted by atomic mass is 16.5. The molecule has 0 aliphatic heterocycles. The van der Waals surface area contributed by atoms with E-state index in [2.05, 4.69) is 15.6 Å². The molecule has 0 unspecified atom stereocenters. The molecule has 0 radical (unpaired) electrons. The zero-order chi connectivity index (χ0) is 15.1. The maximum Gasteiger partial charge on any atom is 0.221 e. The van der Waals surface area contributed by atoms with E-state index >= 15 is 0 Å². The molecule has 112 valence electrons. The Bertz CT molecular complexity index is 616. The highest BCUT2D eigenvalue weighted by molar-refractivity contribution is 5.83. The van der Waals surface area contributed by atoms with Crippen LogP contribution in [0.3, 0.4) is 0 Å². The Morgan fingerprint density at radius 3 is 2.95 bits per heavy atom. The van der Waals surface area contributed by atoms with Crippen LogP contribution in [0.15, 0.2) is 30.3 Å². The van der Waals surface area contributed by atoms with E-state index in [-0.39, 0.29) is 5.91 Å². The van der Waals surface area contributed by atoms with Crippen LogP contribution < -0.4 is 16.4 Å². The van der Waals surface area contributed by atoms with Crippen LogP contribution in [-0.4, -0.2) is 37.7 Å². The predicted molar refractivity (Wildman–Crippen MR) is 84.1 cm³/mol. The molecule has 0 atom stereocenters. The average molecular weight is 288 g/mol. The number of hydrogen-bond acceptors (Lipinski definition) is 5. The van der Waals surface area contributed by atoms with Crippen LogP contribution in [0, 0.1) is 0 Å². The number of rotatable bonds is 7. The lowest BCUT2D eigenvalue weighted by Gasteiger charge is -2.07. The number of fused-ring (bicyclic) bond motifs is 1. The Kier molecular flexibility index (Phi) is 5.34. The fourth-order valence-electron chi connectivity index (χ4n) is 1.93. The first-order chi connectivity index (χ1) is 10.2. The van der Waals surface area contributed by atoms with E-state index in [1.807, 2.05) is 30.3 Å². The summed E-state index contributed by atoms with van der Waals surface area (Å²) < 4.78 is 4.87. The highest BCUT2D eigenvalue weighted by Gasteiger charge is 2.02. The highest BCUT2D eigenvalue weighted by Crippen LogP contribution is 2.17. The summed E-state index contributed by atoms with van der Waals surface area (Å²) in [5.41, 5.74) is 7.32. The summed E-state index contributed by atoms with van der Waals surface area (Å²) in [7, 11) is 1.60. The van der Waals surface area contributed by atoms with E-state index in [9.17, 15) is 4.79 Å². The SMILES string of the molecule is COCCNC(=O)CCNc1ccc2cc(N)ccc2n1. The van der Waals surface area contributed by atoms with Crippen molar-refractivity contribution in [2.24, 2.45) is 0 Å². The fraction of sp³-hybridized carbons (Fsp3) is 0.333. The molecule has 0 saturated heterocycles. The normalized spacial score (nSPS) is 10.5. The number of carbonyl (C=O) groups excluding carboxylic acids is 1. The Hall–Kier alpha value is -2.34. The molecule has 1 amide bonds. The molecule has 0 aliphatic carbocycles. The molecule has 2 rings (SSSR count). The van der Waals surface area contributed by atoms with Gasteiger partial charge in [0.1, 0.15) is 5.82 Å². The van der Waals surface area contributed by atoms with Crippen LogP contribution in [0.1, 0.15) is 6.42 Å². The van der Waals surface area contributed by atoms with Crippen molar-refractivity contribution in [3.63, 3.8) is 0 Å². The van der Waals surface area contributed by atoms with Gasteiger partial charge in [-0.3, -0.25) is 4.79 Å². The number of methoxy groups -OCH3 is 1. The number of aromatic nitrogens is 1. The van der Waals surface area contributed by atoms with Gasteiger partial charge in [-0.05, 0) is 30.3 Å². The Morgan fingerprint density at radius 2 is 2.14 bits per heavy atom. The van der Waals surface area contributed by atoms with E-state index in [0.29, 0.717) is 26.1 Å². The van der Waals surface area contributed by atoms with Crippen LogP contribution in [0.2, 0.25) is 0 Å². The summed E-state index contributed by atoms with van der Waals surface area (Å²) in [4.78, 5) is 16.0. The molecule has 1 aromatic heterocycles. The standard InChI is InChI=1S/C15H20N4O2/c1-21-9-8-18-15(20)6-7-17-14-5-2-11-10-12(16)3-4-13(11)19-14/h2-5,10H,6-9,16H2,1H3,(H,17,19)(H,18,20). The smallest absolute Gasteiger partial charge is 0.221 e. The van der Waals surface area contributed by atoms with Crippen LogP contribution in [0.4, 0.5) is 11.5 Å². The summed E-state index contributed by atoms with van der Waals surface area (Å²) in [6.45, 7) is 1.59. The molecule has 0 fully saturated rings. The van der Waals surface area contributed by atoms with Crippen molar-refractivity contribution in [2.45, 2.75) is 6.42 Å². The van der Waals surface area contributed by atoms with Crippen molar-refractivity contribution in [1.29, 1.82) is 0 Å². The lowest BCUT2D eigenvalue weighted by atomic mass is 10.2. The second-order valence-electron chi connectivity index (χ2n) is 4.67. The number of pyridine rings is 1. The first-order valence-corrected chi connectivity index (χ1v) is 6.85. The number of benzene rings is 1. The molecule has 0 bridgehead atoms. The van der Waals surface area contributed by atoms with E-state index in [1.54, 1.807) is 7.11 Å². The second kappa shape index (κ2) is 7.44. The van der Waals surface area contributed by atoms with Gasteiger partial charge in [-0.15, -0.1) is 0 Å². The maximum absolute atomic E-state index is 11.5. The van der Waals surface area contributed by atoms with Gasteiger partial charge in [-0.25, -0.2) is 4.98 Å². The maximum atomic E-state index is 11.5. The molecule has 6 nitrogen and oxygen atoms in total. The zero-order valence-electron chi connectivity index (χ0n) is 12.1. The molecular formula is C15H20N4O2. The monoisotopic (exact) mass is 288 g/mol. The number of nitrogens with one attached hydrogen (secondary N) is 2. The topological polar surface area (TPSA) is 89.3 Å². The molecule has 4 N–H and O–H groups in total. The average Bonchev–Trinajstić information content (AvgIpc) is 2.47. The van der Waals surface area contributed by atoms with Gasteiger partial charge in [0.25, 0.3) is 0 Å². The molecule has 0 spiro atoms. The molecule has 1 heterocycles. The van der Waals surface area contributed by atoms with Crippen LogP contribution in [0.25, 0.3) is 10.9 Å². The predicted octanol–water partition coefficient (Wildman–Crippen LogP) is 1.38. The summed E-state index contributed by atoms with van der Waals surface area (Å²) in [5, 5.41) is 6.90. The molecule has 6 heteroatoms. The lowest BCUT2D eigenvalue weighted by Crippen LogP contribution is -2.28. The summed E-state index contributed by atoms with van der Waals surface area (Å²) in [6, 6.07) is 9.43. The largest absolute Gasteiger partial charge is 0.399 e. The minimum Gasteiger partial charge on any atom is -0.399 e. The fourth-order valence-corrected chi connectivity index (χ4v) is 1.93. The second-order valence-corrected chi connectivity index (χ2v) is 4.67. The minimum absolute atomic E-state index is 0.00638. The minimum atomic E-state index is -0.00638. The third-order valence-corrected chi connectivity index (χ3v) is 3.00. The molecule has 21 heavy (non-hydrogen) atoms. The first-order valence-electron chi connectivity index (χ1n) is 6.85. The third kappa shape index (κ3) is 4.61. The molecular weight excluding hydrogens is 268 g/mol. The van der Waals surface area contributed by atoms with Crippen LogP contribution in [0.5, 0.6) is 0 Å². The number of nitrogens with two attached hydrogens (primary N) is 1. The molecule has 2 aromatic rings. The van der Waals surface area contributed by atoms with Gasteiger partial charge in [0.05, 0.1) is 12.1 Å². The van der Waals surface area contributed by atoms with Crippen LogP contribution >= 0.6 is 0 Å². The molecule has 0 aliphatic rings. The number of ether oxygens (including phenoxy) is 1.